The minimum atomic E-state index is -0.885. The molecular formula is C8H15KO2. The molecule has 0 bridgehead atoms. The van der Waals surface area contributed by atoms with Gasteiger partial charge in [-0.15, -0.1) is 0 Å². The standard InChI is InChI=1S/C8H16O2.K/c1-3-5-7(6-4-2)8(9)10;/h7H,3-6H2,1-2H3,(H,9,10);/q;+1/p-1. The maximum Gasteiger partial charge on any atom is 1.00 e. The van der Waals surface area contributed by atoms with Crippen molar-refractivity contribution in [3.8, 4) is 0 Å². The molecule has 0 radical (unpaired) electrons. The molecule has 0 aliphatic carbocycles. The van der Waals surface area contributed by atoms with Crippen molar-refractivity contribution in [2.75, 3.05) is 0 Å². The summed E-state index contributed by atoms with van der Waals surface area (Å²) in [5.41, 5.74) is 0. The Morgan fingerprint density at radius 1 is 1.27 bits per heavy atom. The van der Waals surface area contributed by atoms with Gasteiger partial charge >= 0.3 is 51.4 Å². The number of hydrogen-bond acceptors (Lipinski definition) is 2. The van der Waals surface area contributed by atoms with E-state index in [1.807, 2.05) is 13.8 Å². The van der Waals surface area contributed by atoms with E-state index in [2.05, 4.69) is 0 Å². The van der Waals surface area contributed by atoms with Gasteiger partial charge in [0, 0.05) is 5.97 Å². The van der Waals surface area contributed by atoms with Crippen LogP contribution in [0.1, 0.15) is 39.5 Å². The smallest absolute Gasteiger partial charge is 0.550 e. The van der Waals surface area contributed by atoms with Gasteiger partial charge in [-0.3, -0.25) is 0 Å². The Morgan fingerprint density at radius 3 is 1.82 bits per heavy atom. The molecule has 0 saturated heterocycles. The molecule has 0 saturated carbocycles. The van der Waals surface area contributed by atoms with Crippen LogP contribution in [-0.4, -0.2) is 5.97 Å². The number of rotatable bonds is 5. The largest absolute Gasteiger partial charge is 1.00 e. The van der Waals surface area contributed by atoms with Crippen molar-refractivity contribution in [3.05, 3.63) is 0 Å². The molecule has 0 amide bonds. The van der Waals surface area contributed by atoms with Crippen LogP contribution in [-0.2, 0) is 4.79 Å². The fourth-order valence-electron chi connectivity index (χ4n) is 1.08. The quantitative estimate of drug-likeness (QED) is 0.460. The Labute approximate surface area is 111 Å². The van der Waals surface area contributed by atoms with Crippen LogP contribution in [0.4, 0.5) is 0 Å². The molecule has 0 aromatic heterocycles. The van der Waals surface area contributed by atoms with Crippen LogP contribution in [0.25, 0.3) is 0 Å². The van der Waals surface area contributed by atoms with Crippen LogP contribution in [0.5, 0.6) is 0 Å². The number of hydrogen-bond donors (Lipinski definition) is 0. The first-order chi connectivity index (χ1) is 4.72. The molecule has 0 rings (SSSR count). The van der Waals surface area contributed by atoms with Gasteiger partial charge in [0.05, 0.1) is 0 Å². The Morgan fingerprint density at radius 2 is 1.64 bits per heavy atom. The SMILES string of the molecule is CCCC(CCC)C(=O)[O-].[K+]. The van der Waals surface area contributed by atoms with E-state index >= 15 is 0 Å². The summed E-state index contributed by atoms with van der Waals surface area (Å²) >= 11 is 0. The summed E-state index contributed by atoms with van der Waals surface area (Å²) in [6.07, 6.45) is 3.38. The minimum absolute atomic E-state index is 0. The van der Waals surface area contributed by atoms with Gasteiger partial charge in [0.1, 0.15) is 0 Å². The minimum Gasteiger partial charge on any atom is -0.550 e. The number of aliphatic carboxylic acids is 1. The fraction of sp³-hybridized carbons (Fsp3) is 0.875. The van der Waals surface area contributed by atoms with Gasteiger partial charge in [-0.2, -0.15) is 0 Å². The van der Waals surface area contributed by atoms with Crippen LogP contribution < -0.4 is 56.5 Å². The molecule has 0 aliphatic heterocycles. The third-order valence-electron chi connectivity index (χ3n) is 1.61. The van der Waals surface area contributed by atoms with E-state index < -0.39 is 5.97 Å². The first-order valence-corrected chi connectivity index (χ1v) is 3.93. The van der Waals surface area contributed by atoms with Gasteiger partial charge < -0.3 is 9.90 Å². The van der Waals surface area contributed by atoms with Crippen LogP contribution in [0.15, 0.2) is 0 Å². The second-order valence-corrected chi connectivity index (χ2v) is 2.59. The zero-order valence-corrected chi connectivity index (χ0v) is 10.8. The van der Waals surface area contributed by atoms with E-state index in [4.69, 9.17) is 0 Å². The molecular weight excluding hydrogens is 167 g/mol. The molecule has 0 fully saturated rings. The molecule has 2 nitrogen and oxygen atoms in total. The molecule has 0 heterocycles. The van der Waals surface area contributed by atoms with E-state index in [0.29, 0.717) is 0 Å². The van der Waals surface area contributed by atoms with Gasteiger partial charge in [0.25, 0.3) is 0 Å². The molecule has 11 heavy (non-hydrogen) atoms. The fourth-order valence-corrected chi connectivity index (χ4v) is 1.08. The third-order valence-corrected chi connectivity index (χ3v) is 1.61. The van der Waals surface area contributed by atoms with Crippen molar-refractivity contribution >= 4 is 5.97 Å². The first kappa shape index (κ1) is 14.6. The molecule has 0 aromatic carbocycles. The second-order valence-electron chi connectivity index (χ2n) is 2.59. The molecule has 0 aromatic rings. The number of carboxylic acid groups (broad SMARTS) is 1. The van der Waals surface area contributed by atoms with Crippen LogP contribution in [0.2, 0.25) is 0 Å². The van der Waals surface area contributed by atoms with E-state index in [1.165, 1.54) is 0 Å². The molecule has 0 atom stereocenters. The predicted molar refractivity (Wildman–Crippen MR) is 38.3 cm³/mol. The van der Waals surface area contributed by atoms with Gasteiger partial charge in [-0.05, 0) is 18.8 Å². The monoisotopic (exact) mass is 182 g/mol. The van der Waals surface area contributed by atoms with Crippen LogP contribution in [0, 0.1) is 5.92 Å². The summed E-state index contributed by atoms with van der Waals surface area (Å²) < 4.78 is 0. The summed E-state index contributed by atoms with van der Waals surface area (Å²) in [5.74, 6) is -1.10. The zero-order chi connectivity index (χ0) is 7.98. The maximum atomic E-state index is 10.4. The molecule has 0 unspecified atom stereocenters. The zero-order valence-electron chi connectivity index (χ0n) is 7.72. The van der Waals surface area contributed by atoms with Crippen molar-refractivity contribution in [1.82, 2.24) is 0 Å². The molecule has 60 valence electrons. The van der Waals surface area contributed by atoms with Crippen LogP contribution >= 0.6 is 0 Å². The van der Waals surface area contributed by atoms with E-state index in [1.54, 1.807) is 0 Å². The number of carbonyl (C=O) groups is 1. The molecule has 0 aliphatic rings. The molecule has 0 spiro atoms. The van der Waals surface area contributed by atoms with Gasteiger partial charge in [0.2, 0.25) is 0 Å². The van der Waals surface area contributed by atoms with Gasteiger partial charge in [-0.1, -0.05) is 26.7 Å². The second kappa shape index (κ2) is 9.20. The summed E-state index contributed by atoms with van der Waals surface area (Å²) in [6.45, 7) is 3.98. The average molecular weight is 182 g/mol. The number of carbonyl (C=O) groups excluding carboxylic acids is 1. The normalized spacial score (nSPS) is 9.36. The summed E-state index contributed by atoms with van der Waals surface area (Å²) in [7, 11) is 0. The molecule has 0 N–H and O–H groups in total. The topological polar surface area (TPSA) is 40.1 Å². The Balaban J connectivity index is 0. The summed E-state index contributed by atoms with van der Waals surface area (Å²) in [4.78, 5) is 10.4. The van der Waals surface area contributed by atoms with E-state index in [9.17, 15) is 9.90 Å². The van der Waals surface area contributed by atoms with Crippen LogP contribution in [0.3, 0.4) is 0 Å². The van der Waals surface area contributed by atoms with E-state index in [0.717, 1.165) is 25.7 Å². The van der Waals surface area contributed by atoms with Crippen molar-refractivity contribution < 1.29 is 61.3 Å². The molecule has 3 heteroatoms. The van der Waals surface area contributed by atoms with Crippen molar-refractivity contribution in [2.24, 2.45) is 5.92 Å². The third kappa shape index (κ3) is 7.47. The maximum absolute atomic E-state index is 10.4. The summed E-state index contributed by atoms with van der Waals surface area (Å²) in [5, 5.41) is 10.4. The van der Waals surface area contributed by atoms with E-state index in [-0.39, 0.29) is 57.3 Å². The Bertz CT molecular complexity index is 98.3. The first-order valence-electron chi connectivity index (χ1n) is 3.93. The predicted octanol–water partition coefficient (Wildman–Crippen LogP) is -2.04. The van der Waals surface area contributed by atoms with Gasteiger partial charge in [-0.25, -0.2) is 0 Å². The van der Waals surface area contributed by atoms with Crippen molar-refractivity contribution in [2.45, 2.75) is 39.5 Å². The Hall–Kier alpha value is 1.11. The van der Waals surface area contributed by atoms with Gasteiger partial charge in [0.15, 0.2) is 0 Å². The van der Waals surface area contributed by atoms with Crippen molar-refractivity contribution in [1.29, 1.82) is 0 Å². The Kier molecular flexibility index (Phi) is 12.2. The number of carboxylic acids is 1. The van der Waals surface area contributed by atoms with Crippen molar-refractivity contribution in [3.63, 3.8) is 0 Å². The summed E-state index contributed by atoms with van der Waals surface area (Å²) in [6, 6.07) is 0. The average Bonchev–Trinajstić information content (AvgIpc) is 1.87.